The number of fused-ring (bicyclic) bond motifs is 5. The van der Waals surface area contributed by atoms with Gasteiger partial charge in [-0.05, 0) is 61.4 Å². The van der Waals surface area contributed by atoms with Gasteiger partial charge in [0.05, 0.1) is 24.0 Å². The summed E-state index contributed by atoms with van der Waals surface area (Å²) in [6, 6.07) is 9.56. The molecule has 7 rings (SSSR count). The molecule has 3 aromatic heterocycles. The quantitative estimate of drug-likeness (QED) is 0.212. The second-order valence-electron chi connectivity index (χ2n) is 15.0. The number of piperazine rings is 1. The van der Waals surface area contributed by atoms with Gasteiger partial charge >= 0.3 is 0 Å². The number of hydrogen-bond acceptors (Lipinski definition) is 7. The average Bonchev–Trinajstić information content (AvgIpc) is 3.98. The summed E-state index contributed by atoms with van der Waals surface area (Å²) in [4.78, 5) is 82.9. The highest BCUT2D eigenvalue weighted by atomic mass is 16.3. The molecule has 3 aliphatic heterocycles. The van der Waals surface area contributed by atoms with Crippen molar-refractivity contribution in [2.24, 2.45) is 11.8 Å². The van der Waals surface area contributed by atoms with Crippen LogP contribution in [0.15, 0.2) is 59.7 Å². The van der Waals surface area contributed by atoms with Crippen LogP contribution in [0.1, 0.15) is 66.4 Å². The highest BCUT2D eigenvalue weighted by molar-refractivity contribution is 5.94. The Labute approximate surface area is 314 Å². The summed E-state index contributed by atoms with van der Waals surface area (Å²) in [5, 5.41) is 4.05. The SMILES string of the molecule is CC[C@]12c3[nH]c4cc(CCC(=O)N(C)C)ccc4c3CCN1C(=O)[C@@H](CC(=O)NCCCn1ccnc1)C[C@@H]2C(=O)N1CCN(C(=O)c2ccco2)CC1. The molecule has 14 nitrogen and oxygen atoms in total. The second-order valence-corrected chi connectivity index (χ2v) is 15.0. The predicted octanol–water partition coefficient (Wildman–Crippen LogP) is 3.19. The zero-order valence-electron chi connectivity index (χ0n) is 31.4. The minimum Gasteiger partial charge on any atom is -0.459 e. The Morgan fingerprint density at radius 3 is 2.57 bits per heavy atom. The number of carbonyl (C=O) groups excluding carboxylic acids is 5. The van der Waals surface area contributed by atoms with Gasteiger partial charge in [0, 0.05) is 108 Å². The van der Waals surface area contributed by atoms with Crippen LogP contribution in [0.2, 0.25) is 0 Å². The molecule has 5 amide bonds. The van der Waals surface area contributed by atoms with Crippen molar-refractivity contribution < 1.29 is 28.4 Å². The first-order valence-corrected chi connectivity index (χ1v) is 19.1. The van der Waals surface area contributed by atoms with Crippen LogP contribution in [0.4, 0.5) is 0 Å². The number of imidazole rings is 1. The molecular weight excluding hydrogens is 688 g/mol. The number of piperidine rings is 1. The molecule has 54 heavy (non-hydrogen) atoms. The largest absolute Gasteiger partial charge is 0.459 e. The van der Waals surface area contributed by atoms with Crippen LogP contribution in [-0.4, -0.2) is 117 Å². The number of benzene rings is 1. The summed E-state index contributed by atoms with van der Waals surface area (Å²) >= 11 is 0. The number of carbonyl (C=O) groups is 5. The Morgan fingerprint density at radius 2 is 1.87 bits per heavy atom. The molecule has 6 heterocycles. The van der Waals surface area contributed by atoms with Crippen molar-refractivity contribution in [1.82, 2.24) is 39.5 Å². The summed E-state index contributed by atoms with van der Waals surface area (Å²) < 4.78 is 7.29. The highest BCUT2D eigenvalue weighted by Crippen LogP contribution is 2.52. The summed E-state index contributed by atoms with van der Waals surface area (Å²) in [7, 11) is 3.51. The lowest BCUT2D eigenvalue weighted by molar-refractivity contribution is -0.167. The number of hydrogen-bond donors (Lipinski definition) is 2. The average molecular weight is 739 g/mol. The van der Waals surface area contributed by atoms with Crippen molar-refractivity contribution in [3.8, 4) is 0 Å². The summed E-state index contributed by atoms with van der Waals surface area (Å²) in [5.74, 6) is -1.52. The smallest absolute Gasteiger partial charge is 0.289 e. The van der Waals surface area contributed by atoms with Gasteiger partial charge in [0.2, 0.25) is 23.6 Å². The van der Waals surface area contributed by atoms with Crippen LogP contribution >= 0.6 is 0 Å². The van der Waals surface area contributed by atoms with E-state index in [1.807, 2.05) is 27.5 Å². The molecule has 2 fully saturated rings. The third kappa shape index (κ3) is 7.01. The maximum Gasteiger partial charge on any atom is 0.289 e. The molecule has 0 bridgehead atoms. The molecule has 2 saturated heterocycles. The molecule has 0 saturated carbocycles. The normalized spacial score (nSPS) is 21.2. The summed E-state index contributed by atoms with van der Waals surface area (Å²) in [6.07, 6.45) is 9.88. The predicted molar refractivity (Wildman–Crippen MR) is 200 cm³/mol. The maximum atomic E-state index is 14.9. The highest BCUT2D eigenvalue weighted by Gasteiger charge is 2.59. The molecule has 0 unspecified atom stereocenters. The zero-order chi connectivity index (χ0) is 38.0. The summed E-state index contributed by atoms with van der Waals surface area (Å²) in [6.45, 7) is 5.08. The Morgan fingerprint density at radius 1 is 1.07 bits per heavy atom. The van der Waals surface area contributed by atoms with E-state index in [2.05, 4.69) is 33.5 Å². The van der Waals surface area contributed by atoms with Crippen LogP contribution in [0.3, 0.4) is 0 Å². The lowest BCUT2D eigenvalue weighted by atomic mass is 9.65. The number of furan rings is 1. The molecule has 286 valence electrons. The van der Waals surface area contributed by atoms with Crippen LogP contribution in [0.25, 0.3) is 10.9 Å². The molecular formula is C40H50N8O6. The van der Waals surface area contributed by atoms with E-state index in [1.165, 1.54) is 6.26 Å². The van der Waals surface area contributed by atoms with Gasteiger partial charge in [-0.1, -0.05) is 19.1 Å². The third-order valence-corrected chi connectivity index (χ3v) is 11.7. The first-order valence-electron chi connectivity index (χ1n) is 19.1. The molecule has 14 heteroatoms. The lowest BCUT2D eigenvalue weighted by Gasteiger charge is -2.56. The number of rotatable bonds is 12. The number of H-pyrrole nitrogens is 1. The fraction of sp³-hybridized carbons (Fsp3) is 0.500. The number of amides is 5. The first kappa shape index (κ1) is 36.9. The molecule has 0 spiro atoms. The van der Waals surface area contributed by atoms with E-state index in [9.17, 15) is 24.0 Å². The van der Waals surface area contributed by atoms with E-state index >= 15 is 0 Å². The van der Waals surface area contributed by atoms with Gasteiger partial charge in [0.15, 0.2) is 5.76 Å². The van der Waals surface area contributed by atoms with E-state index in [-0.39, 0.29) is 48.1 Å². The molecule has 4 aromatic rings. The standard InChI is InChI=1S/C40H50N8O6/c1-4-40-31(38(52)46-18-20-47(21-19-46)39(53)33-7-5-22-54-33)24-28(25-34(49)42-13-6-15-45-17-14-41-26-45)37(51)48(40)16-12-30-29-10-8-27(9-11-35(50)44(2)3)23-32(29)43-36(30)40/h5,7-8,10,14,17,22-23,26,28,31,43H,4,6,9,11-13,15-16,18-21,24-25H2,1-3H3,(H,42,49)/t28-,31-,40+/m1/s1. The van der Waals surface area contributed by atoms with Gasteiger partial charge in [-0.25, -0.2) is 4.98 Å². The number of aromatic amines is 1. The van der Waals surface area contributed by atoms with E-state index < -0.39 is 17.4 Å². The zero-order valence-corrected chi connectivity index (χ0v) is 31.4. The third-order valence-electron chi connectivity index (χ3n) is 11.7. The van der Waals surface area contributed by atoms with Crippen molar-refractivity contribution in [1.29, 1.82) is 0 Å². The summed E-state index contributed by atoms with van der Waals surface area (Å²) in [5.41, 5.74) is 3.00. The van der Waals surface area contributed by atoms with Crippen LogP contribution < -0.4 is 5.32 Å². The Kier molecular flexibility index (Phi) is 10.6. The lowest BCUT2D eigenvalue weighted by Crippen LogP contribution is -2.66. The van der Waals surface area contributed by atoms with E-state index in [1.54, 1.807) is 48.6 Å². The van der Waals surface area contributed by atoms with Crippen molar-refractivity contribution in [2.45, 2.75) is 64.0 Å². The van der Waals surface area contributed by atoms with E-state index in [0.717, 1.165) is 40.7 Å². The first-order chi connectivity index (χ1) is 26.1. The van der Waals surface area contributed by atoms with Crippen molar-refractivity contribution in [2.75, 3.05) is 53.4 Å². The number of aromatic nitrogens is 3. The topological polar surface area (TPSA) is 157 Å². The van der Waals surface area contributed by atoms with Crippen molar-refractivity contribution in [3.63, 3.8) is 0 Å². The molecule has 1 aromatic carbocycles. The van der Waals surface area contributed by atoms with Gasteiger partial charge in [0.25, 0.3) is 5.91 Å². The van der Waals surface area contributed by atoms with Crippen LogP contribution in [-0.2, 0) is 44.1 Å². The fourth-order valence-electron chi connectivity index (χ4n) is 8.79. The molecule has 0 aliphatic carbocycles. The Bertz CT molecular complexity index is 1990. The van der Waals surface area contributed by atoms with Crippen molar-refractivity contribution in [3.05, 3.63) is 77.9 Å². The molecule has 0 radical (unpaired) electrons. The van der Waals surface area contributed by atoms with Crippen molar-refractivity contribution >= 4 is 40.4 Å². The maximum absolute atomic E-state index is 14.9. The monoisotopic (exact) mass is 738 g/mol. The van der Waals surface area contributed by atoms with E-state index in [0.29, 0.717) is 65.0 Å². The van der Waals surface area contributed by atoms with Gasteiger partial charge in [-0.2, -0.15) is 0 Å². The minimum atomic E-state index is -0.944. The second kappa shape index (κ2) is 15.5. The number of aryl methyl sites for hydroxylation is 2. The fourth-order valence-corrected chi connectivity index (χ4v) is 8.79. The molecule has 3 atom stereocenters. The molecule has 3 aliphatic rings. The van der Waals surface area contributed by atoms with Gasteiger partial charge in [-0.15, -0.1) is 0 Å². The number of nitrogens with one attached hydrogen (secondary N) is 2. The minimum absolute atomic E-state index is 0.00397. The van der Waals surface area contributed by atoms with Crippen LogP contribution in [0.5, 0.6) is 0 Å². The number of nitrogens with zero attached hydrogens (tertiary/aromatic N) is 6. The van der Waals surface area contributed by atoms with Crippen LogP contribution in [0, 0.1) is 11.8 Å². The van der Waals surface area contributed by atoms with E-state index in [4.69, 9.17) is 4.42 Å². The van der Waals surface area contributed by atoms with Gasteiger partial charge in [-0.3, -0.25) is 24.0 Å². The molecule has 2 N–H and O–H groups in total. The van der Waals surface area contributed by atoms with Gasteiger partial charge < -0.3 is 38.9 Å². The Balaban J connectivity index is 1.16. The Hall–Kier alpha value is -5.40. The van der Waals surface area contributed by atoms with Gasteiger partial charge in [0.1, 0.15) is 0 Å².